The van der Waals surface area contributed by atoms with Gasteiger partial charge in [-0.2, -0.15) is 0 Å². The van der Waals surface area contributed by atoms with Crippen LogP contribution in [0.4, 0.5) is 0 Å². The first-order valence-electron chi connectivity index (χ1n) is 8.26. The zero-order valence-electron chi connectivity index (χ0n) is 13.9. The van der Waals surface area contributed by atoms with Crippen molar-refractivity contribution in [1.82, 2.24) is 10.2 Å². The van der Waals surface area contributed by atoms with Gasteiger partial charge in [0.15, 0.2) is 5.96 Å². The summed E-state index contributed by atoms with van der Waals surface area (Å²) in [6.07, 6.45) is 6.74. The first-order valence-corrected chi connectivity index (χ1v) is 8.26. The fourth-order valence-corrected chi connectivity index (χ4v) is 3.12. The summed E-state index contributed by atoms with van der Waals surface area (Å²) in [6, 6.07) is 0. The Hall–Kier alpha value is -0.0400. The van der Waals surface area contributed by atoms with Gasteiger partial charge in [0.2, 0.25) is 0 Å². The third-order valence-electron chi connectivity index (χ3n) is 4.95. The number of halogens is 1. The summed E-state index contributed by atoms with van der Waals surface area (Å²) >= 11 is 0. The molecule has 2 fully saturated rings. The molecule has 0 amide bonds. The highest BCUT2D eigenvalue weighted by Gasteiger charge is 2.29. The molecule has 1 heterocycles. The van der Waals surface area contributed by atoms with Crippen LogP contribution in [0.3, 0.4) is 0 Å². The molecule has 5 heteroatoms. The Labute approximate surface area is 147 Å². The van der Waals surface area contributed by atoms with Gasteiger partial charge in [0.1, 0.15) is 0 Å². The summed E-state index contributed by atoms with van der Waals surface area (Å²) in [4.78, 5) is 7.14. The van der Waals surface area contributed by atoms with Gasteiger partial charge < -0.3 is 11.1 Å². The molecule has 2 aliphatic rings. The van der Waals surface area contributed by atoms with Gasteiger partial charge in [0.25, 0.3) is 0 Å². The zero-order chi connectivity index (χ0) is 14.6. The molecule has 3 N–H and O–H groups in total. The van der Waals surface area contributed by atoms with Crippen molar-refractivity contribution >= 4 is 29.9 Å². The van der Waals surface area contributed by atoms with Crippen LogP contribution in [0.15, 0.2) is 4.99 Å². The number of nitrogens with two attached hydrogens (primary N) is 1. The lowest BCUT2D eigenvalue weighted by atomic mass is 9.85. The number of rotatable bonds is 5. The normalized spacial score (nSPS) is 25.1. The molecular weight excluding hydrogens is 375 g/mol. The number of nitrogens with one attached hydrogen (secondary N) is 1. The Bertz CT molecular complexity index is 339. The van der Waals surface area contributed by atoms with Crippen LogP contribution in [0, 0.1) is 11.8 Å². The van der Waals surface area contributed by atoms with Gasteiger partial charge in [-0.1, -0.05) is 13.3 Å². The number of hydrogen-bond acceptors (Lipinski definition) is 2. The van der Waals surface area contributed by atoms with E-state index < -0.39 is 0 Å². The maximum atomic E-state index is 5.99. The predicted molar refractivity (Wildman–Crippen MR) is 101 cm³/mol. The van der Waals surface area contributed by atoms with E-state index in [1.807, 2.05) is 0 Å². The molecular formula is C16H33IN4. The molecule has 0 spiro atoms. The molecule has 4 nitrogen and oxygen atoms in total. The van der Waals surface area contributed by atoms with E-state index in [1.54, 1.807) is 0 Å². The molecule has 21 heavy (non-hydrogen) atoms. The van der Waals surface area contributed by atoms with Gasteiger partial charge in [-0.05, 0) is 57.9 Å². The molecule has 0 bridgehead atoms. The van der Waals surface area contributed by atoms with Gasteiger partial charge in [-0.15, -0.1) is 24.0 Å². The van der Waals surface area contributed by atoms with Crippen LogP contribution < -0.4 is 11.1 Å². The van der Waals surface area contributed by atoms with Gasteiger partial charge in [-0.25, -0.2) is 0 Å². The minimum absolute atomic E-state index is 0. The van der Waals surface area contributed by atoms with Crippen LogP contribution in [-0.4, -0.2) is 42.6 Å². The van der Waals surface area contributed by atoms with E-state index in [0.29, 0.717) is 5.96 Å². The van der Waals surface area contributed by atoms with E-state index in [-0.39, 0.29) is 29.5 Å². The molecule has 1 saturated carbocycles. The third-order valence-corrected chi connectivity index (χ3v) is 4.95. The zero-order valence-corrected chi connectivity index (χ0v) is 16.2. The van der Waals surface area contributed by atoms with Crippen molar-refractivity contribution in [3.05, 3.63) is 0 Å². The molecule has 1 aliphatic carbocycles. The van der Waals surface area contributed by atoms with E-state index in [4.69, 9.17) is 5.73 Å². The number of nitrogens with zero attached hydrogens (tertiary/aromatic N) is 2. The average Bonchev–Trinajstić information content (AvgIpc) is 2.35. The van der Waals surface area contributed by atoms with Crippen molar-refractivity contribution in [3.8, 4) is 0 Å². The molecule has 0 aromatic heterocycles. The Morgan fingerprint density at radius 3 is 2.57 bits per heavy atom. The van der Waals surface area contributed by atoms with Crippen LogP contribution >= 0.6 is 24.0 Å². The molecule has 2 rings (SSSR count). The van der Waals surface area contributed by atoms with E-state index >= 15 is 0 Å². The van der Waals surface area contributed by atoms with Crippen LogP contribution in [0.2, 0.25) is 0 Å². The fourth-order valence-electron chi connectivity index (χ4n) is 3.12. The summed E-state index contributed by atoms with van der Waals surface area (Å²) in [5, 5.41) is 3.28. The largest absolute Gasteiger partial charge is 0.370 e. The fraction of sp³-hybridized carbons (Fsp3) is 0.938. The second-order valence-corrected chi connectivity index (χ2v) is 7.39. The smallest absolute Gasteiger partial charge is 0.188 e. The minimum atomic E-state index is 0. The summed E-state index contributed by atoms with van der Waals surface area (Å²) in [7, 11) is 0. The molecule has 0 aromatic rings. The van der Waals surface area contributed by atoms with Crippen molar-refractivity contribution in [2.45, 2.75) is 58.4 Å². The molecule has 1 aliphatic heterocycles. The number of likely N-dealkylation sites (tertiary alicyclic amines) is 1. The van der Waals surface area contributed by atoms with Crippen molar-refractivity contribution in [2.75, 3.05) is 26.2 Å². The third kappa shape index (κ3) is 5.93. The van der Waals surface area contributed by atoms with Crippen LogP contribution in [0.25, 0.3) is 0 Å². The van der Waals surface area contributed by atoms with E-state index in [9.17, 15) is 0 Å². The second kappa shape index (κ2) is 8.56. The average molecular weight is 408 g/mol. The van der Waals surface area contributed by atoms with E-state index in [1.165, 1.54) is 45.2 Å². The summed E-state index contributed by atoms with van der Waals surface area (Å²) < 4.78 is 0. The highest BCUT2D eigenvalue weighted by Crippen LogP contribution is 2.25. The molecule has 0 radical (unpaired) electrons. The summed E-state index contributed by atoms with van der Waals surface area (Å²) in [5.74, 6) is 2.25. The number of hydrogen-bond donors (Lipinski definition) is 2. The van der Waals surface area contributed by atoms with Crippen molar-refractivity contribution in [3.63, 3.8) is 0 Å². The summed E-state index contributed by atoms with van der Waals surface area (Å²) in [5.41, 5.74) is 6.09. The van der Waals surface area contributed by atoms with Crippen molar-refractivity contribution in [2.24, 2.45) is 22.6 Å². The maximum absolute atomic E-state index is 5.99. The standard InChI is InChI=1S/C16H32N4.HI/c1-13-6-5-9-20(11-13)16(2,3)12-19-15(17)18-10-14-7-4-8-14;/h13-14H,4-12H2,1-3H3,(H3,17,18,19);1H. The first-order chi connectivity index (χ1) is 9.47. The predicted octanol–water partition coefficient (Wildman–Crippen LogP) is 2.82. The molecule has 124 valence electrons. The Kier molecular flexibility index (Phi) is 7.74. The number of aliphatic imine (C=N–C) groups is 1. The minimum Gasteiger partial charge on any atom is -0.370 e. The summed E-state index contributed by atoms with van der Waals surface area (Å²) in [6.45, 7) is 11.1. The molecule has 1 saturated heterocycles. The highest BCUT2D eigenvalue weighted by molar-refractivity contribution is 14.0. The van der Waals surface area contributed by atoms with Gasteiger partial charge >= 0.3 is 0 Å². The SMILES string of the molecule is CC1CCCN(C(C)(C)CN=C(N)NCC2CCC2)C1.I. The lowest BCUT2D eigenvalue weighted by molar-refractivity contribution is 0.0775. The number of guanidine groups is 1. The van der Waals surface area contributed by atoms with E-state index in [2.05, 4.69) is 36.0 Å². The van der Waals surface area contributed by atoms with Gasteiger partial charge in [0, 0.05) is 18.6 Å². The van der Waals surface area contributed by atoms with Crippen LogP contribution in [-0.2, 0) is 0 Å². The Balaban J connectivity index is 0.00000220. The quantitative estimate of drug-likeness (QED) is 0.418. The van der Waals surface area contributed by atoms with Crippen LogP contribution in [0.5, 0.6) is 0 Å². The van der Waals surface area contributed by atoms with Gasteiger partial charge in [-0.3, -0.25) is 9.89 Å². The lowest BCUT2D eigenvalue weighted by Gasteiger charge is -2.42. The number of piperidine rings is 1. The maximum Gasteiger partial charge on any atom is 0.188 e. The van der Waals surface area contributed by atoms with Gasteiger partial charge in [0.05, 0.1) is 6.54 Å². The molecule has 1 unspecified atom stereocenters. The van der Waals surface area contributed by atoms with Crippen molar-refractivity contribution < 1.29 is 0 Å². The lowest BCUT2D eigenvalue weighted by Crippen LogP contribution is -2.51. The Morgan fingerprint density at radius 1 is 1.29 bits per heavy atom. The first kappa shape index (κ1) is 19.0. The molecule has 1 atom stereocenters. The molecule has 0 aromatic carbocycles. The Morgan fingerprint density at radius 2 is 2.00 bits per heavy atom. The second-order valence-electron chi connectivity index (χ2n) is 7.39. The monoisotopic (exact) mass is 408 g/mol. The van der Waals surface area contributed by atoms with E-state index in [0.717, 1.165) is 24.9 Å². The highest BCUT2D eigenvalue weighted by atomic mass is 127. The topological polar surface area (TPSA) is 53.6 Å². The van der Waals surface area contributed by atoms with Crippen LogP contribution in [0.1, 0.15) is 52.9 Å². The van der Waals surface area contributed by atoms with Crippen molar-refractivity contribution in [1.29, 1.82) is 0 Å².